The van der Waals surface area contributed by atoms with Crippen molar-refractivity contribution >= 4 is 46.0 Å². The quantitative estimate of drug-likeness (QED) is 0.273. The van der Waals surface area contributed by atoms with Gasteiger partial charge in [0.2, 0.25) is 5.91 Å². The molecule has 8 heteroatoms. The van der Waals surface area contributed by atoms with E-state index in [1.54, 1.807) is 28.8 Å². The van der Waals surface area contributed by atoms with Gasteiger partial charge in [0.1, 0.15) is 5.82 Å². The number of nitrogens with zero attached hydrogens (tertiary/aromatic N) is 3. The number of carbonyl (C=O) groups is 1. The topological polar surface area (TPSA) is 76.9 Å². The van der Waals surface area contributed by atoms with Crippen molar-refractivity contribution in [2.45, 2.75) is 31.3 Å². The van der Waals surface area contributed by atoms with Crippen molar-refractivity contribution in [3.05, 3.63) is 87.8 Å². The third kappa shape index (κ3) is 5.26. The number of carbonyl (C=O) groups excluding carboxylic acids is 1. The van der Waals surface area contributed by atoms with Crippen molar-refractivity contribution in [2.24, 2.45) is 0 Å². The Bertz CT molecular complexity index is 1340. The molecule has 4 aromatic rings. The molecule has 0 spiro atoms. The van der Waals surface area contributed by atoms with Crippen LogP contribution in [0.5, 0.6) is 0 Å². The molecule has 2 aromatic heterocycles. The summed E-state index contributed by atoms with van der Waals surface area (Å²) in [6, 6.07) is 18.5. The lowest BCUT2D eigenvalue weighted by Crippen LogP contribution is -2.23. The number of amides is 1. The zero-order valence-electron chi connectivity index (χ0n) is 18.3. The minimum atomic E-state index is -0.254. The van der Waals surface area contributed by atoms with Gasteiger partial charge in [0, 0.05) is 6.20 Å². The van der Waals surface area contributed by atoms with Crippen LogP contribution in [0.2, 0.25) is 5.02 Å². The molecule has 0 aliphatic carbocycles. The summed E-state index contributed by atoms with van der Waals surface area (Å²) in [7, 11) is 0. The molecule has 0 aliphatic heterocycles. The summed E-state index contributed by atoms with van der Waals surface area (Å²) in [6.07, 6.45) is 2.51. The summed E-state index contributed by atoms with van der Waals surface area (Å²) >= 11 is 7.05. The molecule has 0 saturated carbocycles. The Hall–Kier alpha value is -3.16. The molecule has 33 heavy (non-hydrogen) atoms. The monoisotopic (exact) mass is 478 g/mol. The zero-order valence-corrected chi connectivity index (χ0v) is 19.9. The number of para-hydroxylation sites is 1. The number of halogens is 1. The molecule has 0 saturated heterocycles. The highest BCUT2D eigenvalue weighted by atomic mass is 35.5. The van der Waals surface area contributed by atoms with E-state index in [9.17, 15) is 9.59 Å². The van der Waals surface area contributed by atoms with E-state index >= 15 is 0 Å². The van der Waals surface area contributed by atoms with Gasteiger partial charge in [-0.25, -0.2) is 9.97 Å². The predicted molar refractivity (Wildman–Crippen MR) is 135 cm³/mol. The van der Waals surface area contributed by atoms with Crippen LogP contribution in [0.25, 0.3) is 16.6 Å². The second-order valence-electron chi connectivity index (χ2n) is 7.65. The van der Waals surface area contributed by atoms with Crippen LogP contribution in [-0.4, -0.2) is 26.2 Å². The number of hydrogen-bond acceptors (Lipinski definition) is 5. The van der Waals surface area contributed by atoms with E-state index < -0.39 is 0 Å². The van der Waals surface area contributed by atoms with E-state index in [1.807, 2.05) is 36.4 Å². The predicted octanol–water partition coefficient (Wildman–Crippen LogP) is 5.68. The largest absolute Gasteiger partial charge is 0.310 e. The maximum absolute atomic E-state index is 13.4. The molecule has 168 valence electrons. The third-order valence-corrected chi connectivity index (χ3v) is 6.57. The van der Waals surface area contributed by atoms with E-state index in [0.717, 1.165) is 6.42 Å². The fourth-order valence-electron chi connectivity index (χ4n) is 3.38. The van der Waals surface area contributed by atoms with Crippen molar-refractivity contribution < 1.29 is 4.79 Å². The highest BCUT2D eigenvalue weighted by Gasteiger charge is 2.15. The van der Waals surface area contributed by atoms with Crippen molar-refractivity contribution in [1.82, 2.24) is 14.5 Å². The first kappa shape index (κ1) is 23.0. The first-order chi connectivity index (χ1) is 16.0. The molecule has 6 nitrogen and oxygen atoms in total. The van der Waals surface area contributed by atoms with Crippen molar-refractivity contribution in [1.29, 1.82) is 0 Å². The average molecular weight is 479 g/mol. The second kappa shape index (κ2) is 10.2. The Morgan fingerprint density at radius 2 is 1.88 bits per heavy atom. The Morgan fingerprint density at radius 1 is 1.12 bits per heavy atom. The lowest BCUT2D eigenvalue weighted by atomic mass is 9.98. The first-order valence-corrected chi connectivity index (χ1v) is 12.0. The third-order valence-electron chi connectivity index (χ3n) is 5.40. The molecule has 0 radical (unpaired) electrons. The molecule has 4 rings (SSSR count). The van der Waals surface area contributed by atoms with E-state index in [-0.39, 0.29) is 17.2 Å². The molecule has 0 aliphatic rings. The number of nitrogens with one attached hydrogen (secondary N) is 1. The van der Waals surface area contributed by atoms with Crippen molar-refractivity contribution in [3.63, 3.8) is 0 Å². The molecule has 0 fully saturated rings. The molecule has 1 amide bonds. The number of anilines is 1. The van der Waals surface area contributed by atoms with Crippen LogP contribution < -0.4 is 10.9 Å². The molecule has 2 aromatic carbocycles. The van der Waals surface area contributed by atoms with Crippen LogP contribution >= 0.6 is 23.4 Å². The minimum absolute atomic E-state index is 0.0695. The lowest BCUT2D eigenvalue weighted by molar-refractivity contribution is -0.113. The summed E-state index contributed by atoms with van der Waals surface area (Å²) in [4.78, 5) is 34.6. The molecule has 2 heterocycles. The van der Waals surface area contributed by atoms with Crippen LogP contribution in [0.15, 0.2) is 76.8 Å². The van der Waals surface area contributed by atoms with Crippen LogP contribution in [0.1, 0.15) is 31.7 Å². The number of fused-ring (bicyclic) bond motifs is 1. The van der Waals surface area contributed by atoms with E-state index in [2.05, 4.69) is 29.1 Å². The normalized spacial score (nSPS) is 12.0. The molecule has 1 N–H and O–H groups in total. The van der Waals surface area contributed by atoms with Gasteiger partial charge in [0.05, 0.1) is 27.4 Å². The number of thioether (sulfide) groups is 1. The van der Waals surface area contributed by atoms with Gasteiger partial charge in [-0.05, 0) is 54.3 Å². The lowest BCUT2D eigenvalue weighted by Gasteiger charge is -2.15. The standard InChI is InChI=1S/C25H23ClN4O2S/c1-3-16(2)17-8-11-19(12-9-17)30-24(32)20-6-4-5-7-21(20)28-25(30)33-15-23(31)29-22-13-10-18(26)14-27-22/h4-14,16H,3,15H2,1-2H3,(H,27,29,31). The fraction of sp³-hybridized carbons (Fsp3) is 0.200. The molecule has 0 bridgehead atoms. The maximum atomic E-state index is 13.4. The van der Waals surface area contributed by atoms with Gasteiger partial charge in [0.15, 0.2) is 5.16 Å². The van der Waals surface area contributed by atoms with E-state index in [4.69, 9.17) is 11.6 Å². The smallest absolute Gasteiger partial charge is 0.266 e. The van der Waals surface area contributed by atoms with Gasteiger partial charge in [-0.15, -0.1) is 0 Å². The number of pyridine rings is 1. The summed E-state index contributed by atoms with van der Waals surface area (Å²) in [5.74, 6) is 0.662. The van der Waals surface area contributed by atoms with Crippen LogP contribution in [-0.2, 0) is 4.79 Å². The second-order valence-corrected chi connectivity index (χ2v) is 9.03. The average Bonchev–Trinajstić information content (AvgIpc) is 2.84. The number of aromatic nitrogens is 3. The van der Waals surface area contributed by atoms with Gasteiger partial charge >= 0.3 is 0 Å². The Morgan fingerprint density at radius 3 is 2.58 bits per heavy atom. The number of benzene rings is 2. The van der Waals surface area contributed by atoms with Gasteiger partial charge in [-0.3, -0.25) is 14.2 Å². The highest BCUT2D eigenvalue weighted by molar-refractivity contribution is 7.99. The van der Waals surface area contributed by atoms with Crippen LogP contribution in [0.3, 0.4) is 0 Å². The minimum Gasteiger partial charge on any atom is -0.310 e. The fourth-order valence-corrected chi connectivity index (χ4v) is 4.31. The van der Waals surface area contributed by atoms with Gasteiger partial charge in [-0.2, -0.15) is 0 Å². The van der Waals surface area contributed by atoms with Crippen LogP contribution in [0, 0.1) is 0 Å². The summed E-state index contributed by atoms with van der Waals surface area (Å²) in [6.45, 7) is 4.32. The number of hydrogen-bond donors (Lipinski definition) is 1. The highest BCUT2D eigenvalue weighted by Crippen LogP contribution is 2.24. The first-order valence-electron chi connectivity index (χ1n) is 10.6. The molecular weight excluding hydrogens is 456 g/mol. The van der Waals surface area contributed by atoms with E-state index in [0.29, 0.717) is 38.5 Å². The number of rotatable bonds is 7. The van der Waals surface area contributed by atoms with Crippen molar-refractivity contribution in [2.75, 3.05) is 11.1 Å². The van der Waals surface area contributed by atoms with Crippen molar-refractivity contribution in [3.8, 4) is 5.69 Å². The van der Waals surface area contributed by atoms with Gasteiger partial charge < -0.3 is 5.32 Å². The molecule has 1 atom stereocenters. The van der Waals surface area contributed by atoms with Crippen LogP contribution in [0.4, 0.5) is 5.82 Å². The Kier molecular flexibility index (Phi) is 7.11. The SMILES string of the molecule is CCC(C)c1ccc(-n2c(SCC(=O)Nc3ccc(Cl)cn3)nc3ccccc3c2=O)cc1. The summed E-state index contributed by atoms with van der Waals surface area (Å²) in [5.41, 5.74) is 2.36. The summed E-state index contributed by atoms with van der Waals surface area (Å²) in [5, 5.41) is 4.21. The van der Waals surface area contributed by atoms with E-state index in [1.165, 1.54) is 23.5 Å². The van der Waals surface area contributed by atoms with Gasteiger partial charge in [0.25, 0.3) is 5.56 Å². The molecule has 1 unspecified atom stereocenters. The maximum Gasteiger partial charge on any atom is 0.266 e. The van der Waals surface area contributed by atoms with Gasteiger partial charge in [-0.1, -0.05) is 61.5 Å². The summed E-state index contributed by atoms with van der Waals surface area (Å²) < 4.78 is 1.57. The molecular formula is C25H23ClN4O2S. The Balaban J connectivity index is 1.65. The zero-order chi connectivity index (χ0) is 23.4. The Labute approximate surface area is 201 Å².